The second-order valence-electron chi connectivity index (χ2n) is 5.51. The minimum absolute atomic E-state index is 0.782. The van der Waals surface area contributed by atoms with Crippen LogP contribution in [0.2, 0.25) is 0 Å². The van der Waals surface area contributed by atoms with Crippen molar-refractivity contribution in [3.8, 4) is 0 Å². The third kappa shape index (κ3) is 2.69. The third-order valence-electron chi connectivity index (χ3n) is 4.05. The van der Waals surface area contributed by atoms with Gasteiger partial charge in [0.05, 0.1) is 0 Å². The molecule has 1 unspecified atom stereocenters. The van der Waals surface area contributed by atoms with Crippen molar-refractivity contribution >= 4 is 11.8 Å². The molecule has 2 fully saturated rings. The predicted molar refractivity (Wildman–Crippen MR) is 75.8 cm³/mol. The maximum Gasteiger partial charge on any atom is 0.0168 e. The van der Waals surface area contributed by atoms with Gasteiger partial charge in [0.1, 0.15) is 0 Å². The van der Waals surface area contributed by atoms with Gasteiger partial charge < -0.3 is 5.32 Å². The molecular weight excluding hydrogens is 226 g/mol. The van der Waals surface area contributed by atoms with Crippen LogP contribution in [-0.4, -0.2) is 23.6 Å². The Hall–Kier alpha value is -0.470. The Bertz CT molecular complexity index is 378. The van der Waals surface area contributed by atoms with E-state index in [0.717, 1.165) is 18.0 Å². The number of thioether (sulfide) groups is 1. The first-order valence-corrected chi connectivity index (χ1v) is 7.87. The molecule has 2 aliphatic rings. The van der Waals surface area contributed by atoms with Crippen molar-refractivity contribution < 1.29 is 0 Å². The monoisotopic (exact) mass is 247 g/mol. The zero-order chi connectivity index (χ0) is 11.7. The molecule has 92 valence electrons. The largest absolute Gasteiger partial charge is 0.310 e. The highest BCUT2D eigenvalue weighted by Gasteiger charge is 2.32. The van der Waals surface area contributed by atoms with E-state index in [4.69, 9.17) is 0 Å². The highest BCUT2D eigenvalue weighted by atomic mass is 32.2. The Morgan fingerprint density at radius 2 is 2.12 bits per heavy atom. The van der Waals surface area contributed by atoms with Gasteiger partial charge in [0, 0.05) is 17.8 Å². The molecule has 0 aromatic heterocycles. The minimum Gasteiger partial charge on any atom is -0.310 e. The van der Waals surface area contributed by atoms with Crippen molar-refractivity contribution in [1.82, 2.24) is 5.32 Å². The van der Waals surface area contributed by atoms with Gasteiger partial charge >= 0.3 is 0 Å². The molecule has 3 rings (SSSR count). The summed E-state index contributed by atoms with van der Waals surface area (Å²) in [6.07, 6.45) is 4.05. The lowest BCUT2D eigenvalue weighted by molar-refractivity contribution is 0.271. The van der Waals surface area contributed by atoms with Crippen LogP contribution in [0.5, 0.6) is 0 Å². The van der Waals surface area contributed by atoms with Crippen LogP contribution in [0.25, 0.3) is 0 Å². The number of hydrogen-bond donors (Lipinski definition) is 1. The summed E-state index contributed by atoms with van der Waals surface area (Å²) in [5.41, 5.74) is 2.94. The summed E-state index contributed by atoms with van der Waals surface area (Å²) < 4.78 is 0. The molecule has 1 saturated heterocycles. The number of benzene rings is 1. The Morgan fingerprint density at radius 1 is 1.24 bits per heavy atom. The van der Waals surface area contributed by atoms with E-state index in [1.54, 1.807) is 5.56 Å². The molecule has 1 saturated carbocycles. The molecule has 0 amide bonds. The van der Waals surface area contributed by atoms with E-state index >= 15 is 0 Å². The van der Waals surface area contributed by atoms with E-state index in [1.165, 1.54) is 36.3 Å². The maximum absolute atomic E-state index is 3.81. The van der Waals surface area contributed by atoms with Crippen molar-refractivity contribution in [2.24, 2.45) is 0 Å². The Morgan fingerprint density at radius 3 is 2.82 bits per heavy atom. The van der Waals surface area contributed by atoms with Crippen molar-refractivity contribution in [3.63, 3.8) is 0 Å². The van der Waals surface area contributed by atoms with E-state index < -0.39 is 0 Å². The highest BCUT2D eigenvalue weighted by molar-refractivity contribution is 7.99. The van der Waals surface area contributed by atoms with E-state index in [9.17, 15) is 0 Å². The van der Waals surface area contributed by atoms with Gasteiger partial charge in [-0.25, -0.2) is 0 Å². The van der Waals surface area contributed by atoms with Crippen LogP contribution in [0.1, 0.15) is 36.3 Å². The van der Waals surface area contributed by atoms with Crippen LogP contribution in [0.3, 0.4) is 0 Å². The van der Waals surface area contributed by atoms with Crippen molar-refractivity contribution in [2.45, 2.75) is 44.2 Å². The Labute approximate surface area is 108 Å². The van der Waals surface area contributed by atoms with Gasteiger partial charge in [0.2, 0.25) is 0 Å². The molecule has 2 heteroatoms. The second-order valence-corrected chi connectivity index (χ2v) is 6.66. The van der Waals surface area contributed by atoms with Gasteiger partial charge in [-0.3, -0.25) is 0 Å². The van der Waals surface area contributed by atoms with E-state index in [2.05, 4.69) is 48.3 Å². The summed E-state index contributed by atoms with van der Waals surface area (Å²) in [6, 6.07) is 10.6. The molecule has 0 bridgehead atoms. The highest BCUT2D eigenvalue weighted by Crippen LogP contribution is 2.37. The van der Waals surface area contributed by atoms with Crippen LogP contribution in [0.4, 0.5) is 0 Å². The fourth-order valence-electron chi connectivity index (χ4n) is 2.95. The minimum atomic E-state index is 0.782. The van der Waals surface area contributed by atoms with Crippen LogP contribution in [0.15, 0.2) is 24.3 Å². The van der Waals surface area contributed by atoms with Gasteiger partial charge in [0.25, 0.3) is 0 Å². The first-order valence-electron chi connectivity index (χ1n) is 6.71. The summed E-state index contributed by atoms with van der Waals surface area (Å²) in [7, 11) is 0. The first kappa shape index (κ1) is 11.6. The first-order chi connectivity index (χ1) is 8.31. The zero-order valence-corrected chi connectivity index (χ0v) is 11.3. The second kappa shape index (κ2) is 5.03. The fourth-order valence-corrected chi connectivity index (χ4v) is 4.11. The lowest BCUT2D eigenvalue weighted by Gasteiger charge is -2.38. The van der Waals surface area contributed by atoms with Crippen LogP contribution in [0, 0.1) is 6.92 Å². The van der Waals surface area contributed by atoms with E-state index in [-0.39, 0.29) is 0 Å². The average molecular weight is 247 g/mol. The smallest absolute Gasteiger partial charge is 0.0168 e. The Balaban J connectivity index is 1.50. The number of nitrogens with one attached hydrogen (secondary N) is 1. The molecule has 0 radical (unpaired) electrons. The summed E-state index contributed by atoms with van der Waals surface area (Å²) >= 11 is 2.10. The molecule has 0 spiro atoms. The molecule has 17 heavy (non-hydrogen) atoms. The lowest BCUT2D eigenvalue weighted by atomic mass is 9.75. The standard InChI is InChI=1S/C15H21NS/c1-11-3-2-4-12(7-11)13-8-15(9-13)16-14-5-6-17-10-14/h2-4,7,13-16H,5-6,8-10H2,1H3. The SMILES string of the molecule is Cc1cccc(C2CC(NC3CCSC3)C2)c1. The summed E-state index contributed by atoms with van der Waals surface area (Å²) in [5, 5.41) is 3.81. The maximum atomic E-state index is 3.81. The molecule has 1 aliphatic carbocycles. The van der Waals surface area contributed by atoms with Crippen molar-refractivity contribution in [3.05, 3.63) is 35.4 Å². The fraction of sp³-hybridized carbons (Fsp3) is 0.600. The summed E-state index contributed by atoms with van der Waals surface area (Å²) in [6.45, 7) is 2.19. The molecule has 1 N–H and O–H groups in total. The number of hydrogen-bond acceptors (Lipinski definition) is 2. The van der Waals surface area contributed by atoms with Crippen molar-refractivity contribution in [1.29, 1.82) is 0 Å². The van der Waals surface area contributed by atoms with Crippen molar-refractivity contribution in [2.75, 3.05) is 11.5 Å². The zero-order valence-electron chi connectivity index (χ0n) is 10.5. The van der Waals surface area contributed by atoms with Gasteiger partial charge in [-0.15, -0.1) is 0 Å². The Kier molecular flexibility index (Phi) is 3.44. The van der Waals surface area contributed by atoms with Gasteiger partial charge in [-0.05, 0) is 43.4 Å². The molecule has 1 heterocycles. The van der Waals surface area contributed by atoms with E-state index in [0.29, 0.717) is 0 Å². The third-order valence-corrected chi connectivity index (χ3v) is 5.22. The summed E-state index contributed by atoms with van der Waals surface area (Å²) in [4.78, 5) is 0. The molecule has 1 nitrogen and oxygen atoms in total. The topological polar surface area (TPSA) is 12.0 Å². The normalized spacial score (nSPS) is 32.4. The number of rotatable bonds is 3. The quantitative estimate of drug-likeness (QED) is 0.879. The van der Waals surface area contributed by atoms with Crippen LogP contribution >= 0.6 is 11.8 Å². The molecule has 1 aliphatic heterocycles. The van der Waals surface area contributed by atoms with E-state index in [1.807, 2.05) is 0 Å². The molecule has 1 aromatic carbocycles. The van der Waals surface area contributed by atoms with Crippen LogP contribution in [-0.2, 0) is 0 Å². The van der Waals surface area contributed by atoms with Crippen LogP contribution < -0.4 is 5.32 Å². The van der Waals surface area contributed by atoms with Gasteiger partial charge in [-0.1, -0.05) is 29.8 Å². The average Bonchev–Trinajstić information content (AvgIpc) is 2.75. The lowest BCUT2D eigenvalue weighted by Crippen LogP contribution is -2.45. The summed E-state index contributed by atoms with van der Waals surface area (Å²) in [5.74, 6) is 3.48. The molecule has 1 atom stereocenters. The molecular formula is C15H21NS. The number of aryl methyl sites for hydroxylation is 1. The van der Waals surface area contributed by atoms with Gasteiger partial charge in [0.15, 0.2) is 0 Å². The predicted octanol–water partition coefficient (Wildman–Crippen LogP) is 3.34. The molecule has 1 aromatic rings. The van der Waals surface area contributed by atoms with Gasteiger partial charge in [-0.2, -0.15) is 11.8 Å².